The number of nitrogens with zero attached hydrogens (tertiary/aromatic N) is 1. The zero-order valence-corrected chi connectivity index (χ0v) is 16.9. The van der Waals surface area contributed by atoms with Crippen molar-refractivity contribution in [1.82, 2.24) is 10.2 Å². The minimum Gasteiger partial charge on any atom is -0.354 e. The van der Waals surface area contributed by atoms with Crippen LogP contribution in [0, 0.1) is 6.92 Å². The summed E-state index contributed by atoms with van der Waals surface area (Å²) in [4.78, 5) is 27.1. The molecule has 27 heavy (non-hydrogen) atoms. The summed E-state index contributed by atoms with van der Waals surface area (Å²) >= 11 is 5.92. The van der Waals surface area contributed by atoms with Gasteiger partial charge in [0.25, 0.3) is 0 Å². The van der Waals surface area contributed by atoms with Gasteiger partial charge in [0.15, 0.2) is 0 Å². The van der Waals surface area contributed by atoms with Crippen LogP contribution >= 0.6 is 11.6 Å². The first kappa shape index (κ1) is 21.0. The van der Waals surface area contributed by atoms with Crippen molar-refractivity contribution < 1.29 is 9.59 Å². The van der Waals surface area contributed by atoms with Gasteiger partial charge in [-0.3, -0.25) is 9.59 Å². The Labute approximate surface area is 166 Å². The fourth-order valence-corrected chi connectivity index (χ4v) is 2.87. The summed E-state index contributed by atoms with van der Waals surface area (Å²) < 4.78 is 0. The third-order valence-electron chi connectivity index (χ3n) is 4.46. The Morgan fingerprint density at radius 3 is 2.22 bits per heavy atom. The van der Waals surface area contributed by atoms with Gasteiger partial charge in [0.1, 0.15) is 6.04 Å². The summed E-state index contributed by atoms with van der Waals surface area (Å²) in [6.45, 7) is 6.80. The second-order valence-electron chi connectivity index (χ2n) is 6.78. The standard InChI is InChI=1S/C22H27ClN2O2/c1-4-13-24-22(27)17(3)25(15-19-7-5-16(2)6-8-19)21(26)14-18-9-11-20(23)12-10-18/h5-12,17H,4,13-15H2,1-3H3,(H,24,27)/t17-/m1/s1. The molecule has 0 aliphatic heterocycles. The average Bonchev–Trinajstić information content (AvgIpc) is 2.66. The molecule has 1 N–H and O–H groups in total. The number of aryl methyl sites for hydroxylation is 1. The molecule has 4 nitrogen and oxygen atoms in total. The molecule has 0 saturated carbocycles. The van der Waals surface area contributed by atoms with Crippen molar-refractivity contribution in [2.45, 2.75) is 46.2 Å². The van der Waals surface area contributed by atoms with Crippen LogP contribution in [0.3, 0.4) is 0 Å². The molecule has 0 heterocycles. The summed E-state index contributed by atoms with van der Waals surface area (Å²) in [5.41, 5.74) is 3.03. The van der Waals surface area contributed by atoms with Crippen molar-refractivity contribution >= 4 is 23.4 Å². The molecule has 0 fully saturated rings. The number of benzene rings is 2. The van der Waals surface area contributed by atoms with Gasteiger partial charge in [0.05, 0.1) is 6.42 Å². The van der Waals surface area contributed by atoms with Crippen LogP contribution in [0.25, 0.3) is 0 Å². The van der Waals surface area contributed by atoms with E-state index in [1.165, 1.54) is 0 Å². The third-order valence-corrected chi connectivity index (χ3v) is 4.71. The zero-order valence-electron chi connectivity index (χ0n) is 16.2. The van der Waals surface area contributed by atoms with Crippen molar-refractivity contribution in [3.63, 3.8) is 0 Å². The number of carbonyl (C=O) groups is 2. The van der Waals surface area contributed by atoms with E-state index in [0.717, 1.165) is 23.1 Å². The number of halogens is 1. The van der Waals surface area contributed by atoms with Gasteiger partial charge in [-0.25, -0.2) is 0 Å². The van der Waals surface area contributed by atoms with E-state index in [-0.39, 0.29) is 18.2 Å². The molecule has 0 spiro atoms. The molecular formula is C22H27ClN2O2. The topological polar surface area (TPSA) is 49.4 Å². The summed E-state index contributed by atoms with van der Waals surface area (Å²) in [5.74, 6) is -0.217. The molecule has 2 aromatic carbocycles. The van der Waals surface area contributed by atoms with Gasteiger partial charge in [-0.2, -0.15) is 0 Å². The van der Waals surface area contributed by atoms with Gasteiger partial charge in [0.2, 0.25) is 11.8 Å². The smallest absolute Gasteiger partial charge is 0.242 e. The molecule has 2 aromatic rings. The molecule has 144 valence electrons. The maximum absolute atomic E-state index is 13.0. The lowest BCUT2D eigenvalue weighted by molar-refractivity contribution is -0.140. The van der Waals surface area contributed by atoms with Crippen LogP contribution in [-0.4, -0.2) is 29.3 Å². The molecule has 2 rings (SSSR count). The average molecular weight is 387 g/mol. The largest absolute Gasteiger partial charge is 0.354 e. The summed E-state index contributed by atoms with van der Waals surface area (Å²) in [7, 11) is 0. The quantitative estimate of drug-likeness (QED) is 0.741. The van der Waals surface area contributed by atoms with Gasteiger partial charge in [0, 0.05) is 18.1 Å². The van der Waals surface area contributed by atoms with Crippen LogP contribution in [0.4, 0.5) is 0 Å². The number of rotatable bonds is 8. The van der Waals surface area contributed by atoms with E-state index in [1.54, 1.807) is 24.0 Å². The first-order valence-electron chi connectivity index (χ1n) is 9.28. The second-order valence-corrected chi connectivity index (χ2v) is 7.21. The number of nitrogens with one attached hydrogen (secondary N) is 1. The maximum atomic E-state index is 13.0. The van der Waals surface area contributed by atoms with E-state index in [4.69, 9.17) is 11.6 Å². The molecule has 1 atom stereocenters. The number of hydrogen-bond acceptors (Lipinski definition) is 2. The van der Waals surface area contributed by atoms with E-state index in [0.29, 0.717) is 18.1 Å². The first-order chi connectivity index (χ1) is 12.9. The predicted octanol–water partition coefficient (Wildman–Crippen LogP) is 4.13. The van der Waals surface area contributed by atoms with Crippen LogP contribution in [0.5, 0.6) is 0 Å². The first-order valence-corrected chi connectivity index (χ1v) is 9.65. The van der Waals surface area contributed by atoms with Gasteiger partial charge in [-0.1, -0.05) is 60.5 Å². The monoisotopic (exact) mass is 386 g/mol. The lowest BCUT2D eigenvalue weighted by atomic mass is 10.1. The fourth-order valence-electron chi connectivity index (χ4n) is 2.75. The highest BCUT2D eigenvalue weighted by molar-refractivity contribution is 6.30. The van der Waals surface area contributed by atoms with Gasteiger partial charge in [-0.05, 0) is 43.5 Å². The van der Waals surface area contributed by atoms with Crippen molar-refractivity contribution in [3.05, 3.63) is 70.2 Å². The fraction of sp³-hybridized carbons (Fsp3) is 0.364. The van der Waals surface area contributed by atoms with Crippen LogP contribution in [0.15, 0.2) is 48.5 Å². The van der Waals surface area contributed by atoms with Crippen LogP contribution < -0.4 is 5.32 Å². The van der Waals surface area contributed by atoms with E-state index < -0.39 is 6.04 Å². The summed E-state index contributed by atoms with van der Waals surface area (Å²) in [6.07, 6.45) is 1.09. The van der Waals surface area contributed by atoms with Crippen LogP contribution in [0.2, 0.25) is 5.02 Å². The van der Waals surface area contributed by atoms with E-state index in [9.17, 15) is 9.59 Å². The third kappa shape index (κ3) is 6.40. The van der Waals surface area contributed by atoms with Crippen LogP contribution in [-0.2, 0) is 22.6 Å². The molecule has 0 radical (unpaired) electrons. The van der Waals surface area contributed by atoms with Crippen molar-refractivity contribution in [2.24, 2.45) is 0 Å². The van der Waals surface area contributed by atoms with Crippen molar-refractivity contribution in [2.75, 3.05) is 6.54 Å². The highest BCUT2D eigenvalue weighted by Crippen LogP contribution is 2.15. The Hall–Kier alpha value is -2.33. The molecule has 0 bridgehead atoms. The molecule has 0 saturated heterocycles. The maximum Gasteiger partial charge on any atom is 0.242 e. The van der Waals surface area contributed by atoms with E-state index in [2.05, 4.69) is 5.32 Å². The van der Waals surface area contributed by atoms with Crippen molar-refractivity contribution in [1.29, 1.82) is 0 Å². The molecule has 0 aliphatic carbocycles. The summed E-state index contributed by atoms with van der Waals surface area (Å²) in [6, 6.07) is 14.7. The number of hydrogen-bond donors (Lipinski definition) is 1. The molecule has 2 amide bonds. The lowest BCUT2D eigenvalue weighted by Crippen LogP contribution is -2.48. The summed E-state index contributed by atoms with van der Waals surface area (Å²) in [5, 5.41) is 3.52. The molecular weight excluding hydrogens is 360 g/mol. The van der Waals surface area contributed by atoms with Crippen LogP contribution in [0.1, 0.15) is 37.0 Å². The predicted molar refractivity (Wildman–Crippen MR) is 110 cm³/mol. The minimum atomic E-state index is -0.544. The SMILES string of the molecule is CCCNC(=O)[C@@H](C)N(Cc1ccc(C)cc1)C(=O)Cc1ccc(Cl)cc1. The Balaban J connectivity index is 2.18. The zero-order chi connectivity index (χ0) is 19.8. The van der Waals surface area contributed by atoms with Gasteiger partial charge in [-0.15, -0.1) is 0 Å². The molecule has 0 unspecified atom stereocenters. The highest BCUT2D eigenvalue weighted by Gasteiger charge is 2.25. The highest BCUT2D eigenvalue weighted by atomic mass is 35.5. The Kier molecular flexibility index (Phi) is 7.86. The Morgan fingerprint density at radius 2 is 1.63 bits per heavy atom. The second kappa shape index (κ2) is 10.1. The number of carbonyl (C=O) groups excluding carboxylic acids is 2. The lowest BCUT2D eigenvalue weighted by Gasteiger charge is -2.29. The van der Waals surface area contributed by atoms with Gasteiger partial charge < -0.3 is 10.2 Å². The van der Waals surface area contributed by atoms with Crippen molar-refractivity contribution in [3.8, 4) is 0 Å². The Bertz CT molecular complexity index is 757. The molecule has 5 heteroatoms. The van der Waals surface area contributed by atoms with E-state index >= 15 is 0 Å². The number of amides is 2. The molecule has 0 aliphatic rings. The van der Waals surface area contributed by atoms with E-state index in [1.807, 2.05) is 50.2 Å². The molecule has 0 aromatic heterocycles. The Morgan fingerprint density at radius 1 is 1.04 bits per heavy atom. The minimum absolute atomic E-state index is 0.0861. The normalized spacial score (nSPS) is 11.7. The van der Waals surface area contributed by atoms with Gasteiger partial charge >= 0.3 is 0 Å².